The summed E-state index contributed by atoms with van der Waals surface area (Å²) >= 11 is 0. The molecule has 4 N–H and O–H groups in total. The summed E-state index contributed by atoms with van der Waals surface area (Å²) in [6.07, 6.45) is -7.27. The second-order valence-corrected chi connectivity index (χ2v) is 5.39. The molecule has 1 aliphatic heterocycles. The van der Waals surface area contributed by atoms with Gasteiger partial charge in [-0.05, 0) is 20.8 Å². The van der Waals surface area contributed by atoms with Gasteiger partial charge in [-0.1, -0.05) is 0 Å². The number of rotatable bonds is 2. The molecule has 0 spiro atoms. The number of hydrogen-bond donors (Lipinski definition) is 4. The molecule has 0 radical (unpaired) electrons. The van der Waals surface area contributed by atoms with Crippen LogP contribution >= 0.6 is 0 Å². The molecule has 1 heterocycles. The van der Waals surface area contributed by atoms with Gasteiger partial charge in [0, 0.05) is 0 Å². The first-order chi connectivity index (χ1) is 8.14. The Morgan fingerprint density at radius 2 is 1.67 bits per heavy atom. The number of carbonyl (C=O) groups is 1. The highest BCUT2D eigenvalue weighted by atomic mass is 16.6. The van der Waals surface area contributed by atoms with E-state index in [2.05, 4.69) is 0 Å². The monoisotopic (exact) mass is 264 g/mol. The minimum Gasteiger partial charge on any atom is -0.462 e. The van der Waals surface area contributed by atoms with Gasteiger partial charge < -0.3 is 29.9 Å². The largest absolute Gasteiger partial charge is 0.462 e. The standard InChI is InChI=1S/C11H20O7/c1-11(2,3)10(16)17-4-5-6(12)7(13)8(14)9(15)18-5/h5-9,12-15H,4H2,1-3H3/t5-,6+,7+,8-,9+/m1/s1. The van der Waals surface area contributed by atoms with E-state index in [1.807, 2.05) is 0 Å². The molecule has 7 nitrogen and oxygen atoms in total. The van der Waals surface area contributed by atoms with Crippen molar-refractivity contribution in [3.05, 3.63) is 0 Å². The minimum absolute atomic E-state index is 0.307. The predicted molar refractivity (Wildman–Crippen MR) is 59.3 cm³/mol. The Hall–Kier alpha value is -0.730. The third-order valence-corrected chi connectivity index (χ3v) is 2.68. The van der Waals surface area contributed by atoms with Gasteiger partial charge in [-0.15, -0.1) is 0 Å². The summed E-state index contributed by atoms with van der Waals surface area (Å²) < 4.78 is 9.78. The molecule has 18 heavy (non-hydrogen) atoms. The average molecular weight is 264 g/mol. The van der Waals surface area contributed by atoms with E-state index in [9.17, 15) is 25.2 Å². The fourth-order valence-electron chi connectivity index (χ4n) is 1.44. The number of aliphatic hydroxyl groups is 4. The van der Waals surface area contributed by atoms with Crippen molar-refractivity contribution in [3.8, 4) is 0 Å². The van der Waals surface area contributed by atoms with E-state index >= 15 is 0 Å². The minimum atomic E-state index is -1.62. The molecule has 0 aromatic carbocycles. The Bertz CT molecular complexity index is 298. The van der Waals surface area contributed by atoms with Crippen LogP contribution in [0, 0.1) is 5.41 Å². The molecule has 0 amide bonds. The molecule has 106 valence electrons. The number of aliphatic hydroxyl groups excluding tert-OH is 4. The van der Waals surface area contributed by atoms with Crippen LogP contribution in [0.3, 0.4) is 0 Å². The van der Waals surface area contributed by atoms with Crippen LogP contribution in [0.2, 0.25) is 0 Å². The van der Waals surface area contributed by atoms with Gasteiger partial charge in [0.1, 0.15) is 31.0 Å². The summed E-state index contributed by atoms with van der Waals surface area (Å²) in [5.41, 5.74) is -0.698. The zero-order valence-corrected chi connectivity index (χ0v) is 10.6. The maximum absolute atomic E-state index is 11.5. The Labute approximate surface area is 105 Å². The lowest BCUT2D eigenvalue weighted by atomic mass is 9.97. The van der Waals surface area contributed by atoms with Crippen LogP contribution in [0.5, 0.6) is 0 Å². The van der Waals surface area contributed by atoms with E-state index in [1.54, 1.807) is 20.8 Å². The molecule has 0 aliphatic carbocycles. The summed E-state index contributed by atoms with van der Waals surface area (Å²) in [6.45, 7) is 4.70. The molecule has 0 saturated carbocycles. The van der Waals surface area contributed by atoms with Crippen molar-refractivity contribution in [1.29, 1.82) is 0 Å². The topological polar surface area (TPSA) is 116 Å². The number of esters is 1. The van der Waals surface area contributed by atoms with Crippen LogP contribution in [0.25, 0.3) is 0 Å². The molecule has 1 aliphatic rings. The second kappa shape index (κ2) is 5.50. The van der Waals surface area contributed by atoms with Gasteiger partial charge in [-0.25, -0.2) is 0 Å². The van der Waals surface area contributed by atoms with E-state index in [-0.39, 0.29) is 6.61 Å². The fourth-order valence-corrected chi connectivity index (χ4v) is 1.44. The molecule has 7 heteroatoms. The normalized spacial score (nSPS) is 37.4. The van der Waals surface area contributed by atoms with E-state index in [1.165, 1.54) is 0 Å². The molecule has 1 fully saturated rings. The molecule has 0 unspecified atom stereocenters. The molecule has 1 rings (SSSR count). The van der Waals surface area contributed by atoms with Crippen LogP contribution in [0.1, 0.15) is 20.8 Å². The molecule has 0 bridgehead atoms. The quantitative estimate of drug-likeness (QED) is 0.443. The molecule has 5 atom stereocenters. The number of carbonyl (C=O) groups excluding carboxylic acids is 1. The molecule has 0 aromatic heterocycles. The van der Waals surface area contributed by atoms with Crippen molar-refractivity contribution in [3.63, 3.8) is 0 Å². The summed E-state index contributed by atoms with van der Waals surface area (Å²) in [5, 5.41) is 37.6. The highest BCUT2D eigenvalue weighted by Crippen LogP contribution is 2.21. The Morgan fingerprint density at radius 3 is 2.17 bits per heavy atom. The van der Waals surface area contributed by atoms with Crippen molar-refractivity contribution in [1.82, 2.24) is 0 Å². The van der Waals surface area contributed by atoms with E-state index in [0.717, 1.165) is 0 Å². The second-order valence-electron chi connectivity index (χ2n) is 5.39. The van der Waals surface area contributed by atoms with Crippen molar-refractivity contribution < 1.29 is 34.7 Å². The van der Waals surface area contributed by atoms with Crippen LogP contribution in [-0.2, 0) is 14.3 Å². The van der Waals surface area contributed by atoms with Gasteiger partial charge in [0.25, 0.3) is 0 Å². The average Bonchev–Trinajstić information content (AvgIpc) is 2.27. The van der Waals surface area contributed by atoms with Crippen LogP contribution in [-0.4, -0.2) is 63.7 Å². The van der Waals surface area contributed by atoms with Crippen molar-refractivity contribution >= 4 is 5.97 Å². The molecule has 1 saturated heterocycles. The van der Waals surface area contributed by atoms with Crippen molar-refractivity contribution in [2.24, 2.45) is 5.41 Å². The predicted octanol–water partition coefficient (Wildman–Crippen LogP) is -1.62. The van der Waals surface area contributed by atoms with Gasteiger partial charge in [0.2, 0.25) is 0 Å². The van der Waals surface area contributed by atoms with Crippen molar-refractivity contribution in [2.75, 3.05) is 6.61 Å². The van der Waals surface area contributed by atoms with Gasteiger partial charge in [0.15, 0.2) is 6.29 Å². The van der Waals surface area contributed by atoms with Gasteiger partial charge in [-0.2, -0.15) is 0 Å². The first-order valence-corrected chi connectivity index (χ1v) is 5.69. The van der Waals surface area contributed by atoms with Gasteiger partial charge in [0.05, 0.1) is 5.41 Å². The Kier molecular flexibility index (Phi) is 4.68. The summed E-state index contributed by atoms with van der Waals surface area (Å²) in [4.78, 5) is 11.5. The Balaban J connectivity index is 2.55. The van der Waals surface area contributed by atoms with Crippen LogP contribution in [0.15, 0.2) is 0 Å². The zero-order valence-electron chi connectivity index (χ0n) is 10.6. The van der Waals surface area contributed by atoms with Crippen LogP contribution in [0.4, 0.5) is 0 Å². The van der Waals surface area contributed by atoms with Gasteiger partial charge in [-0.3, -0.25) is 4.79 Å². The number of ether oxygens (including phenoxy) is 2. The fraction of sp³-hybridized carbons (Fsp3) is 0.909. The lowest BCUT2D eigenvalue weighted by Crippen LogP contribution is -2.58. The van der Waals surface area contributed by atoms with E-state index < -0.39 is 42.1 Å². The zero-order chi connectivity index (χ0) is 14.1. The molecular weight excluding hydrogens is 244 g/mol. The summed E-state index contributed by atoms with van der Waals surface area (Å²) in [6, 6.07) is 0. The first-order valence-electron chi connectivity index (χ1n) is 5.69. The molecule has 0 aromatic rings. The highest BCUT2D eigenvalue weighted by Gasteiger charge is 2.43. The van der Waals surface area contributed by atoms with Crippen molar-refractivity contribution in [2.45, 2.75) is 51.5 Å². The lowest BCUT2D eigenvalue weighted by Gasteiger charge is -2.38. The SMILES string of the molecule is CC(C)(C)C(=O)OC[C@H]1O[C@H](O)[C@H](O)[C@@H](O)[C@H]1O. The number of hydrogen-bond acceptors (Lipinski definition) is 7. The van der Waals surface area contributed by atoms with Crippen LogP contribution < -0.4 is 0 Å². The smallest absolute Gasteiger partial charge is 0.311 e. The maximum atomic E-state index is 11.5. The Morgan fingerprint density at radius 1 is 1.11 bits per heavy atom. The van der Waals surface area contributed by atoms with E-state index in [4.69, 9.17) is 9.47 Å². The highest BCUT2D eigenvalue weighted by molar-refractivity contribution is 5.75. The lowest BCUT2D eigenvalue weighted by molar-refractivity contribution is -0.287. The third kappa shape index (κ3) is 3.39. The van der Waals surface area contributed by atoms with Gasteiger partial charge >= 0.3 is 5.97 Å². The van der Waals surface area contributed by atoms with E-state index in [0.29, 0.717) is 0 Å². The third-order valence-electron chi connectivity index (χ3n) is 2.68. The summed E-state index contributed by atoms with van der Waals surface area (Å²) in [7, 11) is 0. The summed E-state index contributed by atoms with van der Waals surface area (Å²) in [5.74, 6) is -0.492. The maximum Gasteiger partial charge on any atom is 0.311 e. The molecular formula is C11H20O7. The first kappa shape index (κ1) is 15.3.